The van der Waals surface area contributed by atoms with Crippen molar-refractivity contribution in [3.8, 4) is 0 Å². The second-order valence-electron chi connectivity index (χ2n) is 3.99. The van der Waals surface area contributed by atoms with Crippen molar-refractivity contribution in [2.45, 2.75) is 18.2 Å². The first-order chi connectivity index (χ1) is 6.77. The molecule has 2 heterocycles. The molecule has 0 bridgehead atoms. The molecule has 3 unspecified atom stereocenters. The summed E-state index contributed by atoms with van der Waals surface area (Å²) in [4.78, 5) is 2.25. The van der Waals surface area contributed by atoms with Gasteiger partial charge in [0, 0.05) is 32.2 Å². The Hall–Kier alpha value is -0.200. The standard InChI is InChI=1S/C9H18N2O3/c12-8-5-10-7(9(8)13)6-11-1-3-14-4-2-11/h7-10,12-13H,1-6H2. The molecule has 2 saturated heterocycles. The van der Waals surface area contributed by atoms with E-state index in [1.807, 2.05) is 0 Å². The van der Waals surface area contributed by atoms with Crippen LogP contribution in [0, 0.1) is 0 Å². The van der Waals surface area contributed by atoms with Crippen molar-refractivity contribution in [2.24, 2.45) is 0 Å². The van der Waals surface area contributed by atoms with Crippen LogP contribution in [0.25, 0.3) is 0 Å². The lowest BCUT2D eigenvalue weighted by atomic mass is 10.1. The monoisotopic (exact) mass is 202 g/mol. The lowest BCUT2D eigenvalue weighted by molar-refractivity contribution is 0.00922. The summed E-state index contributed by atoms with van der Waals surface area (Å²) in [5.74, 6) is 0. The molecule has 0 amide bonds. The third kappa shape index (κ3) is 2.24. The lowest BCUT2D eigenvalue weighted by Gasteiger charge is -2.30. The Labute approximate surface area is 83.7 Å². The fraction of sp³-hybridized carbons (Fsp3) is 1.00. The Morgan fingerprint density at radius 3 is 2.57 bits per heavy atom. The number of nitrogens with one attached hydrogen (secondary N) is 1. The number of aliphatic hydroxyl groups excluding tert-OH is 2. The number of aliphatic hydroxyl groups is 2. The van der Waals surface area contributed by atoms with E-state index in [1.165, 1.54) is 0 Å². The zero-order chi connectivity index (χ0) is 9.97. The summed E-state index contributed by atoms with van der Waals surface area (Å²) in [7, 11) is 0. The minimum atomic E-state index is -0.627. The zero-order valence-corrected chi connectivity index (χ0v) is 8.22. The van der Waals surface area contributed by atoms with Crippen LogP contribution in [0.2, 0.25) is 0 Å². The lowest BCUT2D eigenvalue weighted by Crippen LogP contribution is -2.47. The first kappa shape index (κ1) is 10.3. The van der Waals surface area contributed by atoms with Gasteiger partial charge >= 0.3 is 0 Å². The SMILES string of the molecule is OC1CNC(CN2CCOCC2)C1O. The number of β-amino-alcohol motifs (C(OH)–C–C–N with tert-alkyl or cyclic N) is 1. The van der Waals surface area contributed by atoms with Gasteiger partial charge in [0.1, 0.15) is 0 Å². The second-order valence-corrected chi connectivity index (χ2v) is 3.99. The zero-order valence-electron chi connectivity index (χ0n) is 8.22. The average Bonchev–Trinajstić information content (AvgIpc) is 2.52. The maximum atomic E-state index is 9.62. The number of hydrogen-bond acceptors (Lipinski definition) is 5. The molecule has 3 atom stereocenters. The Kier molecular flexibility index (Phi) is 3.35. The maximum Gasteiger partial charge on any atom is 0.0976 e. The van der Waals surface area contributed by atoms with Gasteiger partial charge in [-0.15, -0.1) is 0 Å². The van der Waals surface area contributed by atoms with E-state index in [2.05, 4.69) is 10.2 Å². The smallest absolute Gasteiger partial charge is 0.0976 e. The van der Waals surface area contributed by atoms with Crippen LogP contribution in [0.3, 0.4) is 0 Å². The molecule has 5 nitrogen and oxygen atoms in total. The highest BCUT2D eigenvalue weighted by atomic mass is 16.5. The van der Waals surface area contributed by atoms with E-state index < -0.39 is 12.2 Å². The van der Waals surface area contributed by atoms with E-state index in [9.17, 15) is 10.2 Å². The van der Waals surface area contributed by atoms with Gasteiger partial charge in [-0.05, 0) is 0 Å². The summed E-state index contributed by atoms with van der Waals surface area (Å²) in [6, 6.07) is 0.00287. The largest absolute Gasteiger partial charge is 0.389 e. The van der Waals surface area contributed by atoms with Gasteiger partial charge in [-0.25, -0.2) is 0 Å². The van der Waals surface area contributed by atoms with Crippen molar-refractivity contribution in [3.05, 3.63) is 0 Å². The van der Waals surface area contributed by atoms with Crippen LogP contribution in [0.1, 0.15) is 0 Å². The molecule has 0 radical (unpaired) electrons. The molecule has 0 aromatic rings. The molecule has 82 valence electrons. The van der Waals surface area contributed by atoms with Crippen LogP contribution in [0.15, 0.2) is 0 Å². The molecule has 2 rings (SSSR count). The van der Waals surface area contributed by atoms with Crippen LogP contribution in [0.4, 0.5) is 0 Å². The average molecular weight is 202 g/mol. The van der Waals surface area contributed by atoms with Crippen molar-refractivity contribution >= 4 is 0 Å². The van der Waals surface area contributed by atoms with Crippen LogP contribution in [0.5, 0.6) is 0 Å². The van der Waals surface area contributed by atoms with Crippen molar-refractivity contribution in [3.63, 3.8) is 0 Å². The highest BCUT2D eigenvalue weighted by Crippen LogP contribution is 2.10. The molecule has 2 aliphatic heterocycles. The highest BCUT2D eigenvalue weighted by Gasteiger charge is 2.34. The Balaban J connectivity index is 1.79. The molecule has 14 heavy (non-hydrogen) atoms. The summed E-state index contributed by atoms with van der Waals surface area (Å²) < 4.78 is 5.24. The molecule has 5 heteroatoms. The fourth-order valence-electron chi connectivity index (χ4n) is 2.02. The maximum absolute atomic E-state index is 9.62. The third-order valence-electron chi connectivity index (χ3n) is 2.95. The Morgan fingerprint density at radius 1 is 1.29 bits per heavy atom. The van der Waals surface area contributed by atoms with Gasteiger partial charge in [0.05, 0.1) is 25.4 Å². The minimum Gasteiger partial charge on any atom is -0.389 e. The molecular weight excluding hydrogens is 184 g/mol. The number of ether oxygens (including phenoxy) is 1. The second kappa shape index (κ2) is 4.55. The van der Waals surface area contributed by atoms with E-state index in [1.54, 1.807) is 0 Å². The Morgan fingerprint density at radius 2 is 2.00 bits per heavy atom. The third-order valence-corrected chi connectivity index (χ3v) is 2.95. The topological polar surface area (TPSA) is 65.0 Å². The van der Waals surface area contributed by atoms with Crippen molar-refractivity contribution in [1.82, 2.24) is 10.2 Å². The summed E-state index contributed by atoms with van der Waals surface area (Å²) in [6.07, 6.45) is -1.24. The van der Waals surface area contributed by atoms with Crippen LogP contribution in [-0.4, -0.2) is 72.8 Å². The summed E-state index contributed by atoms with van der Waals surface area (Å²) >= 11 is 0. The van der Waals surface area contributed by atoms with Gasteiger partial charge < -0.3 is 20.3 Å². The van der Waals surface area contributed by atoms with Gasteiger partial charge in [0.25, 0.3) is 0 Å². The van der Waals surface area contributed by atoms with E-state index in [0.29, 0.717) is 6.54 Å². The molecule has 0 saturated carbocycles. The summed E-state index contributed by atoms with van der Waals surface area (Å²) in [5.41, 5.74) is 0. The van der Waals surface area contributed by atoms with Gasteiger partial charge in [-0.1, -0.05) is 0 Å². The first-order valence-electron chi connectivity index (χ1n) is 5.17. The van der Waals surface area contributed by atoms with Crippen LogP contribution >= 0.6 is 0 Å². The number of morpholine rings is 1. The van der Waals surface area contributed by atoms with Crippen molar-refractivity contribution < 1.29 is 14.9 Å². The molecule has 3 N–H and O–H groups in total. The number of hydrogen-bond donors (Lipinski definition) is 3. The molecule has 0 aromatic heterocycles. The molecule has 2 aliphatic rings. The summed E-state index contributed by atoms with van der Waals surface area (Å²) in [5, 5.41) is 22.1. The van der Waals surface area contributed by atoms with E-state index in [4.69, 9.17) is 4.74 Å². The highest BCUT2D eigenvalue weighted by molar-refractivity contribution is 4.92. The van der Waals surface area contributed by atoms with Crippen LogP contribution < -0.4 is 5.32 Å². The predicted octanol–water partition coefficient (Wildman–Crippen LogP) is -1.99. The quantitative estimate of drug-likeness (QED) is 0.484. The fourth-order valence-corrected chi connectivity index (χ4v) is 2.02. The molecular formula is C9H18N2O3. The van der Waals surface area contributed by atoms with Gasteiger partial charge in [0.2, 0.25) is 0 Å². The number of nitrogens with zero attached hydrogens (tertiary/aromatic N) is 1. The van der Waals surface area contributed by atoms with Crippen molar-refractivity contribution in [1.29, 1.82) is 0 Å². The van der Waals surface area contributed by atoms with Gasteiger partial charge in [0.15, 0.2) is 0 Å². The van der Waals surface area contributed by atoms with Crippen LogP contribution in [-0.2, 0) is 4.74 Å². The van der Waals surface area contributed by atoms with E-state index in [-0.39, 0.29) is 6.04 Å². The molecule has 0 aromatic carbocycles. The normalized spacial score (nSPS) is 40.3. The molecule has 0 spiro atoms. The van der Waals surface area contributed by atoms with E-state index >= 15 is 0 Å². The molecule has 2 fully saturated rings. The Bertz CT molecular complexity index is 185. The van der Waals surface area contributed by atoms with Gasteiger partial charge in [-0.2, -0.15) is 0 Å². The minimum absolute atomic E-state index is 0.00287. The number of rotatable bonds is 2. The van der Waals surface area contributed by atoms with Crippen molar-refractivity contribution in [2.75, 3.05) is 39.4 Å². The van der Waals surface area contributed by atoms with Gasteiger partial charge in [-0.3, -0.25) is 4.90 Å². The predicted molar refractivity (Wildman–Crippen MR) is 51.1 cm³/mol. The van der Waals surface area contributed by atoms with E-state index in [0.717, 1.165) is 32.8 Å². The summed E-state index contributed by atoms with van der Waals surface area (Å²) in [6.45, 7) is 4.66. The molecule has 0 aliphatic carbocycles. The first-order valence-corrected chi connectivity index (χ1v) is 5.17.